The van der Waals surface area contributed by atoms with E-state index in [1.165, 1.54) is 12.1 Å². The minimum atomic E-state index is -0.542. The molecule has 0 bridgehead atoms. The van der Waals surface area contributed by atoms with Crippen LogP contribution in [0, 0.1) is 10.1 Å². The lowest BCUT2D eigenvalue weighted by Crippen LogP contribution is -1.93. The molecule has 0 saturated heterocycles. The molecule has 0 heterocycles. The fraction of sp³-hybridized carbons (Fsp3) is 0.143. The van der Waals surface area contributed by atoms with E-state index >= 15 is 0 Å². The van der Waals surface area contributed by atoms with Gasteiger partial charge in [-0.2, -0.15) is 0 Å². The summed E-state index contributed by atoms with van der Waals surface area (Å²) in [5.41, 5.74) is 0.255. The highest BCUT2D eigenvalue weighted by atomic mass is 35.5. The fourth-order valence-electron chi connectivity index (χ4n) is 0.855. The van der Waals surface area contributed by atoms with E-state index in [1.54, 1.807) is 0 Å². The molecule has 0 aromatic heterocycles. The van der Waals surface area contributed by atoms with Gasteiger partial charge in [0.1, 0.15) is 0 Å². The van der Waals surface area contributed by atoms with Gasteiger partial charge in [-0.05, 0) is 6.07 Å². The van der Waals surface area contributed by atoms with E-state index in [9.17, 15) is 10.1 Å². The minimum Gasteiger partial charge on any atom is -0.258 e. The van der Waals surface area contributed by atoms with Crippen LogP contribution in [0.3, 0.4) is 0 Å². The standard InChI is InChI=1S/C7H4Cl3NO2/c8-3-4-1-5(9)6(10)2-7(4)11(12)13/h1-2H,3H2. The van der Waals surface area contributed by atoms with Gasteiger partial charge in [0.05, 0.1) is 20.8 Å². The number of nitro groups is 1. The maximum absolute atomic E-state index is 10.5. The van der Waals surface area contributed by atoms with Crippen molar-refractivity contribution >= 4 is 40.5 Å². The molecule has 70 valence electrons. The molecule has 0 aliphatic heterocycles. The average molecular weight is 240 g/mol. The van der Waals surface area contributed by atoms with Crippen LogP contribution in [0.25, 0.3) is 0 Å². The highest BCUT2D eigenvalue weighted by molar-refractivity contribution is 6.42. The predicted molar refractivity (Wildman–Crippen MR) is 52.7 cm³/mol. The zero-order valence-electron chi connectivity index (χ0n) is 6.26. The second kappa shape index (κ2) is 4.13. The number of alkyl halides is 1. The Hall–Kier alpha value is -0.510. The average Bonchev–Trinajstić information content (AvgIpc) is 2.08. The first-order chi connectivity index (χ1) is 6.06. The summed E-state index contributed by atoms with van der Waals surface area (Å²) in [6.45, 7) is 0. The number of nitrogens with zero attached hydrogens (tertiary/aromatic N) is 1. The highest BCUT2D eigenvalue weighted by Gasteiger charge is 2.15. The van der Waals surface area contributed by atoms with Crippen LogP contribution in [-0.2, 0) is 5.88 Å². The molecule has 0 fully saturated rings. The number of nitro benzene ring substituents is 1. The van der Waals surface area contributed by atoms with E-state index in [0.29, 0.717) is 5.56 Å². The molecule has 1 aromatic carbocycles. The number of hydrogen-bond acceptors (Lipinski definition) is 2. The zero-order valence-corrected chi connectivity index (χ0v) is 8.53. The van der Waals surface area contributed by atoms with E-state index in [2.05, 4.69) is 0 Å². The third kappa shape index (κ3) is 2.24. The Labute approximate surface area is 89.4 Å². The molecule has 0 radical (unpaired) electrons. The Morgan fingerprint density at radius 1 is 1.31 bits per heavy atom. The van der Waals surface area contributed by atoms with Crippen molar-refractivity contribution in [1.29, 1.82) is 0 Å². The topological polar surface area (TPSA) is 43.1 Å². The lowest BCUT2D eigenvalue weighted by molar-refractivity contribution is -0.385. The first-order valence-corrected chi connectivity index (χ1v) is 4.53. The second-order valence-electron chi connectivity index (χ2n) is 2.29. The first kappa shape index (κ1) is 10.6. The van der Waals surface area contributed by atoms with Gasteiger partial charge in [-0.3, -0.25) is 10.1 Å². The lowest BCUT2D eigenvalue weighted by atomic mass is 10.2. The molecule has 13 heavy (non-hydrogen) atoms. The van der Waals surface area contributed by atoms with Crippen molar-refractivity contribution in [3.63, 3.8) is 0 Å². The van der Waals surface area contributed by atoms with E-state index in [1.807, 2.05) is 0 Å². The summed E-state index contributed by atoms with van der Waals surface area (Å²) < 4.78 is 0. The molecule has 3 nitrogen and oxygen atoms in total. The molecule has 6 heteroatoms. The largest absolute Gasteiger partial charge is 0.275 e. The zero-order chi connectivity index (χ0) is 10.0. The molecule has 1 rings (SSSR count). The molecule has 0 amide bonds. The van der Waals surface area contributed by atoms with Crippen molar-refractivity contribution in [2.24, 2.45) is 0 Å². The van der Waals surface area contributed by atoms with Gasteiger partial charge in [-0.15, -0.1) is 11.6 Å². The Kier molecular flexibility index (Phi) is 3.36. The van der Waals surface area contributed by atoms with E-state index in [4.69, 9.17) is 34.8 Å². The lowest BCUT2D eigenvalue weighted by Gasteiger charge is -2.00. The van der Waals surface area contributed by atoms with Crippen molar-refractivity contribution in [2.75, 3.05) is 0 Å². The molecular weight excluding hydrogens is 236 g/mol. The summed E-state index contributed by atoms with van der Waals surface area (Å²) in [4.78, 5) is 9.95. The predicted octanol–water partition coefficient (Wildman–Crippen LogP) is 3.64. The highest BCUT2D eigenvalue weighted by Crippen LogP contribution is 2.31. The molecule has 1 aromatic rings. The van der Waals surface area contributed by atoms with E-state index < -0.39 is 4.92 Å². The third-order valence-corrected chi connectivity index (χ3v) is 2.47. The fourth-order valence-corrected chi connectivity index (χ4v) is 1.41. The van der Waals surface area contributed by atoms with Gasteiger partial charge in [-0.25, -0.2) is 0 Å². The van der Waals surface area contributed by atoms with Crippen molar-refractivity contribution in [2.45, 2.75) is 5.88 Å². The van der Waals surface area contributed by atoms with Crippen LogP contribution in [-0.4, -0.2) is 4.92 Å². The molecule has 0 unspecified atom stereocenters. The van der Waals surface area contributed by atoms with Gasteiger partial charge in [-0.1, -0.05) is 23.2 Å². The quantitative estimate of drug-likeness (QED) is 0.450. The Morgan fingerprint density at radius 3 is 2.31 bits per heavy atom. The van der Waals surface area contributed by atoms with Gasteiger partial charge in [0.25, 0.3) is 5.69 Å². The second-order valence-corrected chi connectivity index (χ2v) is 3.37. The SMILES string of the molecule is O=[N+]([O-])c1cc(Cl)c(Cl)cc1CCl. The molecule has 0 saturated carbocycles. The van der Waals surface area contributed by atoms with Crippen LogP contribution in [0.4, 0.5) is 5.69 Å². The van der Waals surface area contributed by atoms with Gasteiger partial charge in [0.15, 0.2) is 0 Å². The van der Waals surface area contributed by atoms with Gasteiger partial charge < -0.3 is 0 Å². The van der Waals surface area contributed by atoms with E-state index in [-0.39, 0.29) is 21.6 Å². The number of benzene rings is 1. The summed E-state index contributed by atoms with van der Waals surface area (Å²) >= 11 is 16.8. The summed E-state index contributed by atoms with van der Waals surface area (Å²) in [6.07, 6.45) is 0. The molecule has 0 aliphatic rings. The molecule has 0 atom stereocenters. The maximum atomic E-state index is 10.5. The normalized spacial score (nSPS) is 10.1. The smallest absolute Gasteiger partial charge is 0.258 e. The maximum Gasteiger partial charge on any atom is 0.275 e. The van der Waals surface area contributed by atoms with Crippen LogP contribution in [0.2, 0.25) is 10.0 Å². The van der Waals surface area contributed by atoms with Crippen LogP contribution >= 0.6 is 34.8 Å². The van der Waals surface area contributed by atoms with Crippen molar-refractivity contribution in [3.8, 4) is 0 Å². The summed E-state index contributed by atoms with van der Waals surface area (Å²) in [5, 5.41) is 10.9. The summed E-state index contributed by atoms with van der Waals surface area (Å²) in [7, 11) is 0. The van der Waals surface area contributed by atoms with Crippen LogP contribution in [0.15, 0.2) is 12.1 Å². The first-order valence-electron chi connectivity index (χ1n) is 3.24. The molecular formula is C7H4Cl3NO2. The van der Waals surface area contributed by atoms with Gasteiger partial charge >= 0.3 is 0 Å². The van der Waals surface area contributed by atoms with Gasteiger partial charge in [0, 0.05) is 11.6 Å². The Bertz CT molecular complexity index is 354. The molecule has 0 N–H and O–H groups in total. The number of halogens is 3. The van der Waals surface area contributed by atoms with Crippen LogP contribution in [0.1, 0.15) is 5.56 Å². The van der Waals surface area contributed by atoms with Crippen LogP contribution < -0.4 is 0 Å². The van der Waals surface area contributed by atoms with E-state index in [0.717, 1.165) is 0 Å². The minimum absolute atomic E-state index is 0.0349. The Morgan fingerprint density at radius 2 is 1.85 bits per heavy atom. The third-order valence-electron chi connectivity index (χ3n) is 1.46. The van der Waals surface area contributed by atoms with Gasteiger partial charge in [0.2, 0.25) is 0 Å². The molecule has 0 spiro atoms. The van der Waals surface area contributed by atoms with Crippen LogP contribution in [0.5, 0.6) is 0 Å². The van der Waals surface area contributed by atoms with Crippen molar-refractivity contribution < 1.29 is 4.92 Å². The van der Waals surface area contributed by atoms with Crippen molar-refractivity contribution in [3.05, 3.63) is 37.9 Å². The number of rotatable bonds is 2. The Balaban J connectivity index is 3.33. The molecule has 0 aliphatic carbocycles. The monoisotopic (exact) mass is 239 g/mol. The summed E-state index contributed by atoms with van der Waals surface area (Å²) in [5.74, 6) is 0.0349. The number of hydrogen-bond donors (Lipinski definition) is 0. The van der Waals surface area contributed by atoms with Crippen molar-refractivity contribution in [1.82, 2.24) is 0 Å². The summed E-state index contributed by atoms with van der Waals surface area (Å²) in [6, 6.07) is 2.59.